The molecule has 1 saturated heterocycles. The number of nitrogens with zero attached hydrogens (tertiary/aromatic N) is 3. The number of hydrogen-bond acceptors (Lipinski definition) is 5. The van der Waals surface area contributed by atoms with Crippen molar-refractivity contribution in [1.29, 1.82) is 0 Å². The van der Waals surface area contributed by atoms with E-state index in [4.69, 9.17) is 9.15 Å². The average molecular weight is 333 g/mol. The van der Waals surface area contributed by atoms with Crippen LogP contribution in [0.15, 0.2) is 38.5 Å². The van der Waals surface area contributed by atoms with Gasteiger partial charge in [-0.25, -0.2) is 4.79 Å². The monoisotopic (exact) mass is 333 g/mol. The van der Waals surface area contributed by atoms with Crippen molar-refractivity contribution in [3.05, 3.63) is 56.8 Å². The lowest BCUT2D eigenvalue weighted by atomic mass is 10.2. The number of ether oxygens (including phenoxy) is 1. The van der Waals surface area contributed by atoms with E-state index in [1.807, 2.05) is 12.1 Å². The first-order valence-electron chi connectivity index (χ1n) is 8.17. The highest BCUT2D eigenvalue weighted by atomic mass is 16.5. The minimum Gasteiger partial charge on any atom is -0.468 e. The third kappa shape index (κ3) is 3.68. The van der Waals surface area contributed by atoms with E-state index in [9.17, 15) is 9.59 Å². The Kier molecular flexibility index (Phi) is 5.01. The summed E-state index contributed by atoms with van der Waals surface area (Å²) >= 11 is 0. The molecule has 7 nitrogen and oxygen atoms in total. The molecule has 1 fully saturated rings. The molecule has 2 aromatic rings. The Morgan fingerprint density at radius 2 is 2.08 bits per heavy atom. The first-order chi connectivity index (χ1) is 11.5. The Morgan fingerprint density at radius 3 is 2.75 bits per heavy atom. The minimum atomic E-state index is -0.312. The maximum absolute atomic E-state index is 12.1. The van der Waals surface area contributed by atoms with E-state index in [0.717, 1.165) is 36.3 Å². The molecular weight excluding hydrogens is 310 g/mol. The van der Waals surface area contributed by atoms with Crippen LogP contribution in [0.3, 0.4) is 0 Å². The van der Waals surface area contributed by atoms with Crippen LogP contribution in [0.4, 0.5) is 0 Å². The molecule has 0 radical (unpaired) electrons. The molecule has 1 atom stereocenters. The van der Waals surface area contributed by atoms with Crippen molar-refractivity contribution in [2.24, 2.45) is 14.1 Å². The second-order valence-electron chi connectivity index (χ2n) is 6.26. The summed E-state index contributed by atoms with van der Waals surface area (Å²) < 4.78 is 13.8. The molecule has 1 aliphatic heterocycles. The van der Waals surface area contributed by atoms with Crippen molar-refractivity contribution in [1.82, 2.24) is 14.0 Å². The topological polar surface area (TPSA) is 69.6 Å². The Bertz CT molecular complexity index is 785. The van der Waals surface area contributed by atoms with E-state index in [2.05, 4.69) is 4.90 Å². The predicted molar refractivity (Wildman–Crippen MR) is 88.7 cm³/mol. The van der Waals surface area contributed by atoms with Crippen LogP contribution in [0, 0.1) is 0 Å². The maximum atomic E-state index is 12.1. The van der Waals surface area contributed by atoms with Crippen molar-refractivity contribution < 1.29 is 9.15 Å². The van der Waals surface area contributed by atoms with Gasteiger partial charge in [0.25, 0.3) is 5.56 Å². The molecule has 1 unspecified atom stereocenters. The maximum Gasteiger partial charge on any atom is 0.330 e. The van der Waals surface area contributed by atoms with Gasteiger partial charge in [-0.05, 0) is 25.0 Å². The first-order valence-corrected chi connectivity index (χ1v) is 8.17. The van der Waals surface area contributed by atoms with Gasteiger partial charge in [0.05, 0.1) is 18.9 Å². The molecule has 7 heteroatoms. The van der Waals surface area contributed by atoms with Crippen molar-refractivity contribution >= 4 is 0 Å². The van der Waals surface area contributed by atoms with Crippen molar-refractivity contribution in [2.45, 2.75) is 32.0 Å². The lowest BCUT2D eigenvalue weighted by Crippen LogP contribution is -2.40. The van der Waals surface area contributed by atoms with Crippen LogP contribution in [0.2, 0.25) is 0 Å². The van der Waals surface area contributed by atoms with E-state index >= 15 is 0 Å². The molecule has 2 aromatic heterocycles. The fraction of sp³-hybridized carbons (Fsp3) is 0.529. The summed E-state index contributed by atoms with van der Waals surface area (Å²) in [5.74, 6) is 0.849. The molecule has 24 heavy (non-hydrogen) atoms. The standard InChI is InChI=1S/C17H23N3O4/c1-18-13(9-16(21)19(2)17(18)22)10-20(11-14-5-3-7-23-14)12-15-6-4-8-24-15/h3,5,7,9,15H,4,6,8,10-12H2,1-2H3. The summed E-state index contributed by atoms with van der Waals surface area (Å²) in [5.41, 5.74) is 0.0865. The zero-order valence-electron chi connectivity index (χ0n) is 14.1. The zero-order chi connectivity index (χ0) is 17.1. The SMILES string of the molecule is Cn1c(CN(Cc2ccco2)CC2CCCO2)cc(=O)n(C)c1=O. The normalized spacial score (nSPS) is 17.7. The molecule has 0 aliphatic carbocycles. The molecule has 0 amide bonds. The van der Waals surface area contributed by atoms with E-state index in [1.54, 1.807) is 13.3 Å². The van der Waals surface area contributed by atoms with Crippen molar-refractivity contribution in [3.63, 3.8) is 0 Å². The Labute approximate surface area is 140 Å². The van der Waals surface area contributed by atoms with Gasteiger partial charge in [-0.15, -0.1) is 0 Å². The third-order valence-electron chi connectivity index (χ3n) is 4.46. The third-order valence-corrected chi connectivity index (χ3v) is 4.46. The average Bonchev–Trinajstić information content (AvgIpc) is 3.24. The van der Waals surface area contributed by atoms with Gasteiger partial charge in [0, 0.05) is 45.6 Å². The smallest absolute Gasteiger partial charge is 0.330 e. The molecule has 0 bridgehead atoms. The molecule has 130 valence electrons. The lowest BCUT2D eigenvalue weighted by molar-refractivity contribution is 0.0645. The van der Waals surface area contributed by atoms with Crippen molar-refractivity contribution in [3.8, 4) is 0 Å². The van der Waals surface area contributed by atoms with Gasteiger partial charge < -0.3 is 9.15 Å². The fourth-order valence-corrected chi connectivity index (χ4v) is 3.04. The Balaban J connectivity index is 1.82. The van der Waals surface area contributed by atoms with E-state index in [1.165, 1.54) is 17.7 Å². The van der Waals surface area contributed by atoms with Crippen LogP contribution in [0.25, 0.3) is 0 Å². The molecule has 0 saturated carbocycles. The zero-order valence-corrected chi connectivity index (χ0v) is 14.1. The first kappa shape index (κ1) is 16.7. The lowest BCUT2D eigenvalue weighted by Gasteiger charge is -2.25. The number of aromatic nitrogens is 2. The minimum absolute atomic E-state index is 0.184. The largest absolute Gasteiger partial charge is 0.468 e. The number of hydrogen-bond donors (Lipinski definition) is 0. The van der Waals surface area contributed by atoms with Gasteiger partial charge in [0.1, 0.15) is 5.76 Å². The molecule has 3 rings (SSSR count). The summed E-state index contributed by atoms with van der Waals surface area (Å²) in [6, 6.07) is 5.30. The van der Waals surface area contributed by atoms with E-state index in [-0.39, 0.29) is 17.4 Å². The van der Waals surface area contributed by atoms with E-state index in [0.29, 0.717) is 18.8 Å². The van der Waals surface area contributed by atoms with Crippen LogP contribution in [-0.2, 0) is 31.9 Å². The van der Waals surface area contributed by atoms with Gasteiger partial charge in [0.2, 0.25) is 0 Å². The summed E-state index contributed by atoms with van der Waals surface area (Å²) in [6.07, 6.45) is 3.94. The highest BCUT2D eigenvalue weighted by Crippen LogP contribution is 2.16. The molecule has 0 aromatic carbocycles. The second-order valence-corrected chi connectivity index (χ2v) is 6.26. The Morgan fingerprint density at radius 1 is 1.25 bits per heavy atom. The van der Waals surface area contributed by atoms with Gasteiger partial charge in [-0.3, -0.25) is 18.8 Å². The molecule has 3 heterocycles. The molecular formula is C17H23N3O4. The number of furan rings is 1. The van der Waals surface area contributed by atoms with Crippen LogP contribution in [0.5, 0.6) is 0 Å². The van der Waals surface area contributed by atoms with Crippen molar-refractivity contribution in [2.75, 3.05) is 13.2 Å². The van der Waals surface area contributed by atoms with Gasteiger partial charge in [-0.2, -0.15) is 0 Å². The summed E-state index contributed by atoms with van der Waals surface area (Å²) in [6.45, 7) is 2.63. The highest BCUT2D eigenvalue weighted by Gasteiger charge is 2.21. The summed E-state index contributed by atoms with van der Waals surface area (Å²) in [4.78, 5) is 26.2. The summed E-state index contributed by atoms with van der Waals surface area (Å²) in [7, 11) is 3.18. The quantitative estimate of drug-likeness (QED) is 0.784. The summed E-state index contributed by atoms with van der Waals surface area (Å²) in [5, 5.41) is 0. The Hall–Kier alpha value is -2.12. The molecule has 1 aliphatic rings. The van der Waals surface area contributed by atoms with Crippen LogP contribution >= 0.6 is 0 Å². The van der Waals surface area contributed by atoms with Gasteiger partial charge in [0.15, 0.2) is 0 Å². The van der Waals surface area contributed by atoms with Crippen LogP contribution in [0.1, 0.15) is 24.3 Å². The van der Waals surface area contributed by atoms with Gasteiger partial charge >= 0.3 is 5.69 Å². The molecule has 0 spiro atoms. The second kappa shape index (κ2) is 7.19. The number of rotatable bonds is 6. The fourth-order valence-electron chi connectivity index (χ4n) is 3.04. The molecule has 0 N–H and O–H groups in total. The highest BCUT2D eigenvalue weighted by molar-refractivity contribution is 5.04. The van der Waals surface area contributed by atoms with Crippen LogP contribution < -0.4 is 11.2 Å². The van der Waals surface area contributed by atoms with E-state index < -0.39 is 0 Å². The predicted octanol–water partition coefficient (Wildman–Crippen LogP) is 0.858. The van der Waals surface area contributed by atoms with Crippen LogP contribution in [-0.4, -0.2) is 33.3 Å². The van der Waals surface area contributed by atoms with Gasteiger partial charge in [-0.1, -0.05) is 0 Å².